The number of hydrogen-bond donors (Lipinski definition) is 1. The van der Waals surface area contributed by atoms with E-state index in [-0.39, 0.29) is 6.04 Å². The van der Waals surface area contributed by atoms with Crippen molar-refractivity contribution in [3.63, 3.8) is 0 Å². The summed E-state index contributed by atoms with van der Waals surface area (Å²) in [5.74, 6) is 0. The van der Waals surface area contributed by atoms with Gasteiger partial charge in [-0.1, -0.05) is 36.8 Å². The summed E-state index contributed by atoms with van der Waals surface area (Å²) in [6, 6.07) is 6.75. The Bertz CT molecular complexity index is 399. The molecule has 0 aromatic heterocycles. The van der Waals surface area contributed by atoms with Crippen molar-refractivity contribution in [1.29, 1.82) is 0 Å². The first-order valence-electron chi connectivity index (χ1n) is 6.87. The Morgan fingerprint density at radius 3 is 2.15 bits per heavy atom. The Labute approximate surface area is 118 Å². The minimum Gasteiger partial charge on any atom is -0.326 e. The standard InChI is InChI=1S/C15H23F3N2/c1-4-9-20(10-15(16,17)18)14(12(3)19)13-7-5-11(2)6-8-13/h5-8,12,14H,4,9-10,19H2,1-3H3. The number of halogens is 3. The molecule has 0 saturated carbocycles. The quantitative estimate of drug-likeness (QED) is 0.865. The molecule has 1 aromatic rings. The maximum Gasteiger partial charge on any atom is 0.401 e. The van der Waals surface area contributed by atoms with Crippen molar-refractivity contribution < 1.29 is 13.2 Å². The molecule has 1 rings (SSSR count). The van der Waals surface area contributed by atoms with Crippen LogP contribution in [0.5, 0.6) is 0 Å². The normalized spacial score (nSPS) is 15.4. The Morgan fingerprint density at radius 2 is 1.75 bits per heavy atom. The largest absolute Gasteiger partial charge is 0.401 e. The Hall–Kier alpha value is -1.07. The van der Waals surface area contributed by atoms with Gasteiger partial charge >= 0.3 is 6.18 Å². The molecule has 1 aromatic carbocycles. The average Bonchev–Trinajstić information content (AvgIpc) is 2.29. The van der Waals surface area contributed by atoms with Gasteiger partial charge in [0.05, 0.1) is 6.54 Å². The number of aryl methyl sites for hydroxylation is 1. The molecule has 2 unspecified atom stereocenters. The maximum absolute atomic E-state index is 12.8. The highest BCUT2D eigenvalue weighted by molar-refractivity contribution is 5.25. The summed E-state index contributed by atoms with van der Waals surface area (Å²) in [6.07, 6.45) is -3.56. The number of nitrogens with zero attached hydrogens (tertiary/aromatic N) is 1. The van der Waals surface area contributed by atoms with Gasteiger partial charge in [-0.2, -0.15) is 13.2 Å². The van der Waals surface area contributed by atoms with Crippen LogP contribution in [0.4, 0.5) is 13.2 Å². The predicted octanol–water partition coefficient (Wildman–Crippen LogP) is 3.66. The van der Waals surface area contributed by atoms with Crippen molar-refractivity contribution >= 4 is 0 Å². The monoisotopic (exact) mass is 288 g/mol. The number of nitrogens with two attached hydrogens (primary N) is 1. The Morgan fingerprint density at radius 1 is 1.20 bits per heavy atom. The van der Waals surface area contributed by atoms with Crippen LogP contribution in [0.25, 0.3) is 0 Å². The topological polar surface area (TPSA) is 29.3 Å². The maximum atomic E-state index is 12.8. The fraction of sp³-hybridized carbons (Fsp3) is 0.600. The van der Waals surface area contributed by atoms with Crippen LogP contribution < -0.4 is 5.73 Å². The lowest BCUT2D eigenvalue weighted by Gasteiger charge is -2.35. The highest BCUT2D eigenvalue weighted by Crippen LogP contribution is 2.28. The Kier molecular flexibility index (Phi) is 6.02. The molecule has 20 heavy (non-hydrogen) atoms. The zero-order chi connectivity index (χ0) is 15.3. The van der Waals surface area contributed by atoms with Crippen LogP contribution in [0, 0.1) is 6.92 Å². The van der Waals surface area contributed by atoms with Gasteiger partial charge in [0.25, 0.3) is 0 Å². The van der Waals surface area contributed by atoms with Crippen LogP contribution in [0.2, 0.25) is 0 Å². The summed E-state index contributed by atoms with van der Waals surface area (Å²) in [5, 5.41) is 0. The summed E-state index contributed by atoms with van der Waals surface area (Å²) < 4.78 is 38.3. The summed E-state index contributed by atoms with van der Waals surface area (Å²) in [6.45, 7) is 5.02. The van der Waals surface area contributed by atoms with E-state index in [2.05, 4.69) is 0 Å². The molecule has 0 heterocycles. The molecule has 0 fully saturated rings. The molecular formula is C15H23F3N2. The molecule has 5 heteroatoms. The molecule has 2 N–H and O–H groups in total. The van der Waals surface area contributed by atoms with Crippen molar-refractivity contribution in [3.8, 4) is 0 Å². The molecular weight excluding hydrogens is 265 g/mol. The van der Waals surface area contributed by atoms with E-state index >= 15 is 0 Å². The smallest absolute Gasteiger partial charge is 0.326 e. The average molecular weight is 288 g/mol. The zero-order valence-corrected chi connectivity index (χ0v) is 12.2. The second-order valence-corrected chi connectivity index (χ2v) is 5.30. The lowest BCUT2D eigenvalue weighted by atomic mass is 9.98. The number of rotatable bonds is 6. The van der Waals surface area contributed by atoms with E-state index < -0.39 is 18.8 Å². The van der Waals surface area contributed by atoms with Gasteiger partial charge in [-0.25, -0.2) is 0 Å². The van der Waals surface area contributed by atoms with Gasteiger partial charge in [0.15, 0.2) is 0 Å². The van der Waals surface area contributed by atoms with Crippen LogP contribution in [0.3, 0.4) is 0 Å². The van der Waals surface area contributed by atoms with E-state index in [1.807, 2.05) is 38.1 Å². The second-order valence-electron chi connectivity index (χ2n) is 5.30. The molecule has 114 valence electrons. The first-order valence-corrected chi connectivity index (χ1v) is 6.87. The molecule has 0 saturated heterocycles. The zero-order valence-electron chi connectivity index (χ0n) is 12.2. The highest BCUT2D eigenvalue weighted by Gasteiger charge is 2.35. The molecule has 2 nitrogen and oxygen atoms in total. The van der Waals surface area contributed by atoms with Gasteiger partial charge in [-0.05, 0) is 32.4 Å². The van der Waals surface area contributed by atoms with Gasteiger partial charge in [0.2, 0.25) is 0 Å². The Balaban J connectivity index is 3.04. The summed E-state index contributed by atoms with van der Waals surface area (Å²) in [4.78, 5) is 1.43. The van der Waals surface area contributed by atoms with Gasteiger partial charge in [-0.15, -0.1) is 0 Å². The van der Waals surface area contributed by atoms with Gasteiger partial charge < -0.3 is 5.73 Å². The van der Waals surface area contributed by atoms with Crippen LogP contribution in [0.15, 0.2) is 24.3 Å². The van der Waals surface area contributed by atoms with Crippen LogP contribution in [-0.2, 0) is 0 Å². The van der Waals surface area contributed by atoms with Crippen LogP contribution in [-0.4, -0.2) is 30.2 Å². The predicted molar refractivity (Wildman–Crippen MR) is 75.5 cm³/mol. The van der Waals surface area contributed by atoms with Crippen LogP contribution in [0.1, 0.15) is 37.4 Å². The fourth-order valence-electron chi connectivity index (χ4n) is 2.44. The summed E-state index contributed by atoms with van der Waals surface area (Å²) in [5.41, 5.74) is 7.86. The highest BCUT2D eigenvalue weighted by atomic mass is 19.4. The van der Waals surface area contributed by atoms with Gasteiger partial charge in [0.1, 0.15) is 0 Å². The lowest BCUT2D eigenvalue weighted by molar-refractivity contribution is -0.152. The van der Waals surface area contributed by atoms with Crippen molar-refractivity contribution in [2.24, 2.45) is 5.73 Å². The van der Waals surface area contributed by atoms with Gasteiger partial charge in [0, 0.05) is 12.1 Å². The van der Waals surface area contributed by atoms with E-state index in [1.54, 1.807) is 6.92 Å². The molecule has 0 bridgehead atoms. The van der Waals surface area contributed by atoms with Crippen molar-refractivity contribution in [2.45, 2.75) is 45.5 Å². The van der Waals surface area contributed by atoms with E-state index in [9.17, 15) is 13.2 Å². The lowest BCUT2D eigenvalue weighted by Crippen LogP contribution is -2.44. The number of alkyl halides is 3. The van der Waals surface area contributed by atoms with E-state index in [0.717, 1.165) is 11.1 Å². The molecule has 0 radical (unpaired) electrons. The number of hydrogen-bond acceptors (Lipinski definition) is 2. The van der Waals surface area contributed by atoms with Crippen LogP contribution >= 0.6 is 0 Å². The molecule has 0 spiro atoms. The number of benzene rings is 1. The minimum absolute atomic E-state index is 0.369. The van der Waals surface area contributed by atoms with E-state index in [0.29, 0.717) is 13.0 Å². The fourth-order valence-corrected chi connectivity index (χ4v) is 2.44. The molecule has 0 aliphatic heterocycles. The van der Waals surface area contributed by atoms with Gasteiger partial charge in [-0.3, -0.25) is 4.90 Å². The minimum atomic E-state index is -4.22. The third kappa shape index (κ3) is 5.13. The van der Waals surface area contributed by atoms with E-state index in [1.165, 1.54) is 4.90 Å². The molecule has 2 atom stereocenters. The summed E-state index contributed by atoms with van der Waals surface area (Å²) >= 11 is 0. The SMILES string of the molecule is CCCN(CC(F)(F)F)C(c1ccc(C)cc1)C(C)N. The second kappa shape index (κ2) is 7.09. The van der Waals surface area contributed by atoms with Crippen molar-refractivity contribution in [2.75, 3.05) is 13.1 Å². The molecule has 0 aliphatic rings. The summed E-state index contributed by atoms with van der Waals surface area (Å²) in [7, 11) is 0. The third-order valence-corrected chi connectivity index (χ3v) is 3.20. The first-order chi connectivity index (χ1) is 9.24. The molecule has 0 aliphatic carbocycles. The van der Waals surface area contributed by atoms with E-state index in [4.69, 9.17) is 5.73 Å². The molecule has 0 amide bonds. The third-order valence-electron chi connectivity index (χ3n) is 3.20. The van der Waals surface area contributed by atoms with Crippen molar-refractivity contribution in [3.05, 3.63) is 35.4 Å². The first kappa shape index (κ1) is 17.0. The van der Waals surface area contributed by atoms with Crippen molar-refractivity contribution in [1.82, 2.24) is 4.90 Å².